The molecular formula is C23H25N3O. The largest absolute Gasteiger partial charge is 0.384 e. The number of rotatable bonds is 4. The Kier molecular flexibility index (Phi) is 4.77. The van der Waals surface area contributed by atoms with Crippen molar-refractivity contribution in [1.29, 1.82) is 0 Å². The summed E-state index contributed by atoms with van der Waals surface area (Å²) in [5.74, 6) is 0.747. The first kappa shape index (κ1) is 17.8. The zero-order valence-corrected chi connectivity index (χ0v) is 15.9. The summed E-state index contributed by atoms with van der Waals surface area (Å²) in [5, 5.41) is 11.0. The Morgan fingerprint density at radius 2 is 1.52 bits per heavy atom. The molecule has 1 aliphatic rings. The van der Waals surface area contributed by atoms with Crippen LogP contribution in [0.4, 0.5) is 0 Å². The van der Waals surface area contributed by atoms with E-state index in [1.807, 2.05) is 36.7 Å². The average molecular weight is 359 g/mol. The van der Waals surface area contributed by atoms with Gasteiger partial charge in [-0.3, -0.25) is 4.90 Å². The van der Waals surface area contributed by atoms with Crippen molar-refractivity contribution in [1.82, 2.24) is 14.9 Å². The first-order chi connectivity index (χ1) is 13.0. The van der Waals surface area contributed by atoms with E-state index in [9.17, 15) is 5.11 Å². The topological polar surface area (TPSA) is 49.2 Å². The number of likely N-dealkylation sites (tertiary alicyclic amines) is 1. The van der Waals surface area contributed by atoms with E-state index in [0.29, 0.717) is 6.54 Å². The van der Waals surface area contributed by atoms with Gasteiger partial charge in [-0.05, 0) is 25.8 Å². The maximum absolute atomic E-state index is 11.0. The van der Waals surface area contributed by atoms with Crippen molar-refractivity contribution in [3.63, 3.8) is 0 Å². The van der Waals surface area contributed by atoms with E-state index < -0.39 is 5.60 Å². The molecule has 27 heavy (non-hydrogen) atoms. The second-order valence-electron chi connectivity index (χ2n) is 7.64. The third-order valence-electron chi connectivity index (χ3n) is 5.34. The van der Waals surface area contributed by atoms with Crippen LogP contribution in [0, 0.1) is 13.8 Å². The quantitative estimate of drug-likeness (QED) is 0.769. The molecule has 1 saturated heterocycles. The molecule has 4 nitrogen and oxygen atoms in total. The summed E-state index contributed by atoms with van der Waals surface area (Å²) in [5.41, 5.74) is 4.77. The molecule has 1 unspecified atom stereocenters. The van der Waals surface area contributed by atoms with Gasteiger partial charge in [0, 0.05) is 43.2 Å². The van der Waals surface area contributed by atoms with Crippen molar-refractivity contribution in [2.24, 2.45) is 0 Å². The number of aromatic nitrogens is 2. The Labute approximate surface area is 160 Å². The Balaban J connectivity index is 1.42. The Bertz CT molecular complexity index is 904. The Hall–Kier alpha value is -2.56. The van der Waals surface area contributed by atoms with E-state index in [0.717, 1.165) is 42.0 Å². The van der Waals surface area contributed by atoms with Gasteiger partial charge in [-0.2, -0.15) is 0 Å². The van der Waals surface area contributed by atoms with Gasteiger partial charge in [0.05, 0.1) is 0 Å². The highest BCUT2D eigenvalue weighted by Crippen LogP contribution is 2.32. The molecule has 138 valence electrons. The third kappa shape index (κ3) is 3.92. The number of nitrogens with zero attached hydrogens (tertiary/aromatic N) is 3. The highest BCUT2D eigenvalue weighted by Gasteiger charge is 2.37. The number of benzene rings is 2. The predicted octanol–water partition coefficient (Wildman–Crippen LogP) is 3.85. The fourth-order valence-corrected chi connectivity index (χ4v) is 3.65. The van der Waals surface area contributed by atoms with Gasteiger partial charge in [-0.15, -0.1) is 0 Å². The van der Waals surface area contributed by atoms with Crippen LogP contribution in [-0.4, -0.2) is 33.1 Å². The van der Waals surface area contributed by atoms with Gasteiger partial charge < -0.3 is 5.11 Å². The first-order valence-electron chi connectivity index (χ1n) is 9.42. The summed E-state index contributed by atoms with van der Waals surface area (Å²) in [6.07, 6.45) is 4.54. The molecule has 0 saturated carbocycles. The van der Waals surface area contributed by atoms with Crippen LogP contribution in [0.3, 0.4) is 0 Å². The van der Waals surface area contributed by atoms with Gasteiger partial charge in [0.25, 0.3) is 0 Å². The molecule has 2 heterocycles. The van der Waals surface area contributed by atoms with Gasteiger partial charge in [0.1, 0.15) is 5.60 Å². The van der Waals surface area contributed by atoms with Crippen molar-refractivity contribution in [2.45, 2.75) is 32.4 Å². The average Bonchev–Trinajstić information content (AvgIpc) is 3.05. The summed E-state index contributed by atoms with van der Waals surface area (Å²) in [4.78, 5) is 11.3. The molecular weight excluding hydrogens is 334 g/mol. The minimum Gasteiger partial charge on any atom is -0.384 e. The minimum atomic E-state index is -0.767. The standard InChI is InChI=1S/C23H25N3O/c1-17-3-7-20(8-4-17)22-24-13-19(14-25-22)15-26-12-11-23(27,16-26)21-9-5-18(2)6-10-21/h3-10,13-14,27H,11-12,15-16H2,1-2H3. The van der Waals surface area contributed by atoms with Crippen molar-refractivity contribution >= 4 is 0 Å². The van der Waals surface area contributed by atoms with Gasteiger partial charge in [0.2, 0.25) is 0 Å². The third-order valence-corrected chi connectivity index (χ3v) is 5.34. The normalized spacial score (nSPS) is 20.1. The zero-order chi connectivity index (χ0) is 18.9. The van der Waals surface area contributed by atoms with Crippen LogP contribution in [0.15, 0.2) is 60.9 Å². The smallest absolute Gasteiger partial charge is 0.159 e. The van der Waals surface area contributed by atoms with Crippen LogP contribution in [0.25, 0.3) is 11.4 Å². The van der Waals surface area contributed by atoms with Crippen molar-refractivity contribution < 1.29 is 5.11 Å². The molecule has 1 aliphatic heterocycles. The summed E-state index contributed by atoms with van der Waals surface area (Å²) in [6, 6.07) is 16.4. The SMILES string of the molecule is Cc1ccc(-c2ncc(CN3CCC(O)(c4ccc(C)cc4)C3)cn2)cc1. The fourth-order valence-electron chi connectivity index (χ4n) is 3.65. The number of aliphatic hydroxyl groups is 1. The molecule has 3 aromatic rings. The molecule has 4 rings (SSSR count). The summed E-state index contributed by atoms with van der Waals surface area (Å²) in [6.45, 7) is 6.39. The lowest BCUT2D eigenvalue weighted by Crippen LogP contribution is -2.30. The highest BCUT2D eigenvalue weighted by atomic mass is 16.3. The van der Waals surface area contributed by atoms with Crippen molar-refractivity contribution in [3.05, 3.63) is 83.2 Å². The predicted molar refractivity (Wildman–Crippen MR) is 107 cm³/mol. The second kappa shape index (κ2) is 7.22. The molecule has 2 aromatic carbocycles. The van der Waals surface area contributed by atoms with Crippen LogP contribution >= 0.6 is 0 Å². The zero-order valence-electron chi connectivity index (χ0n) is 15.9. The fraction of sp³-hybridized carbons (Fsp3) is 0.304. The van der Waals surface area contributed by atoms with Crippen LogP contribution < -0.4 is 0 Å². The molecule has 0 radical (unpaired) electrons. The summed E-state index contributed by atoms with van der Waals surface area (Å²) >= 11 is 0. The van der Waals surface area contributed by atoms with Crippen LogP contribution in [0.2, 0.25) is 0 Å². The molecule has 1 fully saturated rings. The maximum atomic E-state index is 11.0. The van der Waals surface area contributed by atoms with E-state index in [2.05, 4.69) is 53.0 Å². The second-order valence-corrected chi connectivity index (χ2v) is 7.64. The maximum Gasteiger partial charge on any atom is 0.159 e. The van der Waals surface area contributed by atoms with Gasteiger partial charge in [-0.25, -0.2) is 9.97 Å². The minimum absolute atomic E-state index is 0.635. The van der Waals surface area contributed by atoms with Crippen LogP contribution in [0.1, 0.15) is 28.7 Å². The molecule has 4 heteroatoms. The molecule has 0 amide bonds. The molecule has 0 aliphatic carbocycles. The molecule has 0 bridgehead atoms. The Morgan fingerprint density at radius 3 is 2.15 bits per heavy atom. The number of β-amino-alcohol motifs (C(OH)–C–C–N with tert-alkyl or cyclic N) is 1. The molecule has 1 N–H and O–H groups in total. The van der Waals surface area contributed by atoms with Crippen LogP contribution in [-0.2, 0) is 12.1 Å². The number of aryl methyl sites for hydroxylation is 2. The number of hydrogen-bond acceptors (Lipinski definition) is 4. The lowest BCUT2D eigenvalue weighted by molar-refractivity contribution is 0.0452. The van der Waals surface area contributed by atoms with E-state index in [-0.39, 0.29) is 0 Å². The molecule has 1 atom stereocenters. The highest BCUT2D eigenvalue weighted by molar-refractivity contribution is 5.54. The van der Waals surface area contributed by atoms with Gasteiger partial charge in [0.15, 0.2) is 5.82 Å². The van der Waals surface area contributed by atoms with E-state index in [4.69, 9.17) is 0 Å². The van der Waals surface area contributed by atoms with E-state index in [1.165, 1.54) is 11.1 Å². The monoisotopic (exact) mass is 359 g/mol. The summed E-state index contributed by atoms with van der Waals surface area (Å²) < 4.78 is 0. The lowest BCUT2D eigenvalue weighted by atomic mass is 9.92. The van der Waals surface area contributed by atoms with E-state index in [1.54, 1.807) is 0 Å². The molecule has 1 aromatic heterocycles. The lowest BCUT2D eigenvalue weighted by Gasteiger charge is -2.24. The van der Waals surface area contributed by atoms with E-state index >= 15 is 0 Å². The first-order valence-corrected chi connectivity index (χ1v) is 9.42. The Morgan fingerprint density at radius 1 is 0.926 bits per heavy atom. The van der Waals surface area contributed by atoms with Crippen LogP contribution in [0.5, 0.6) is 0 Å². The van der Waals surface area contributed by atoms with Gasteiger partial charge >= 0.3 is 0 Å². The summed E-state index contributed by atoms with van der Waals surface area (Å²) in [7, 11) is 0. The molecule has 0 spiro atoms. The van der Waals surface area contributed by atoms with Crippen molar-refractivity contribution in [3.8, 4) is 11.4 Å². The van der Waals surface area contributed by atoms with Gasteiger partial charge in [-0.1, -0.05) is 59.7 Å². The van der Waals surface area contributed by atoms with Crippen molar-refractivity contribution in [2.75, 3.05) is 13.1 Å². The number of hydrogen-bond donors (Lipinski definition) is 1.